The molecular weight excluding hydrogens is 228 g/mol. The fourth-order valence-corrected chi connectivity index (χ4v) is 4.72. The van der Waals surface area contributed by atoms with Gasteiger partial charge >= 0.3 is 0 Å². The molecular formula is C14H22N2S. The summed E-state index contributed by atoms with van der Waals surface area (Å²) >= 11 is 1.90. The molecule has 2 aliphatic rings. The molecule has 2 nitrogen and oxygen atoms in total. The Balaban J connectivity index is 1.80. The van der Waals surface area contributed by atoms with Crippen LogP contribution in [0.5, 0.6) is 0 Å². The summed E-state index contributed by atoms with van der Waals surface area (Å²) in [6, 6.07) is 0.489. The van der Waals surface area contributed by atoms with Crippen molar-refractivity contribution >= 4 is 16.5 Å². The Hall–Kier alpha value is -0.570. The zero-order chi connectivity index (χ0) is 11.9. The predicted molar refractivity (Wildman–Crippen MR) is 73.8 cm³/mol. The zero-order valence-corrected chi connectivity index (χ0v) is 11.7. The van der Waals surface area contributed by atoms with Gasteiger partial charge in [0.25, 0.3) is 0 Å². The van der Waals surface area contributed by atoms with Crippen molar-refractivity contribution in [1.82, 2.24) is 4.98 Å². The number of rotatable bonds is 2. The molecule has 0 unspecified atom stereocenters. The molecule has 1 heterocycles. The van der Waals surface area contributed by atoms with Gasteiger partial charge in [0.05, 0.1) is 5.69 Å². The molecule has 0 aromatic carbocycles. The summed E-state index contributed by atoms with van der Waals surface area (Å²) in [5.74, 6) is 0. The molecule has 0 amide bonds. The lowest BCUT2D eigenvalue weighted by molar-refractivity contribution is 0.256. The van der Waals surface area contributed by atoms with E-state index in [4.69, 9.17) is 4.98 Å². The fraction of sp³-hybridized carbons (Fsp3) is 0.786. The monoisotopic (exact) mass is 250 g/mol. The molecule has 0 bridgehead atoms. The van der Waals surface area contributed by atoms with Gasteiger partial charge in [0.2, 0.25) is 0 Å². The van der Waals surface area contributed by atoms with Gasteiger partial charge in [-0.1, -0.05) is 12.8 Å². The van der Waals surface area contributed by atoms with E-state index < -0.39 is 0 Å². The molecule has 0 atom stereocenters. The van der Waals surface area contributed by atoms with Crippen LogP contribution in [0.15, 0.2) is 0 Å². The molecule has 1 aromatic heterocycles. The van der Waals surface area contributed by atoms with Gasteiger partial charge in [0, 0.05) is 10.9 Å². The third-order valence-corrected chi connectivity index (χ3v) is 5.31. The Labute approximate surface area is 108 Å². The summed E-state index contributed by atoms with van der Waals surface area (Å²) in [6.07, 6.45) is 9.71. The Morgan fingerprint density at radius 3 is 2.71 bits per heavy atom. The summed E-state index contributed by atoms with van der Waals surface area (Å²) in [5.41, 5.74) is 2.05. The Morgan fingerprint density at radius 2 is 2.00 bits per heavy atom. The van der Waals surface area contributed by atoms with E-state index in [2.05, 4.69) is 19.2 Å². The summed E-state index contributed by atoms with van der Waals surface area (Å²) < 4.78 is 0. The third-order valence-electron chi connectivity index (χ3n) is 4.28. The van der Waals surface area contributed by atoms with Gasteiger partial charge < -0.3 is 5.32 Å². The summed E-state index contributed by atoms with van der Waals surface area (Å²) in [5, 5.41) is 4.59. The maximum absolute atomic E-state index is 4.75. The van der Waals surface area contributed by atoms with E-state index >= 15 is 0 Å². The van der Waals surface area contributed by atoms with Crippen LogP contribution >= 0.6 is 11.3 Å². The Morgan fingerprint density at radius 1 is 1.24 bits per heavy atom. The van der Waals surface area contributed by atoms with Crippen molar-refractivity contribution in [3.63, 3.8) is 0 Å². The van der Waals surface area contributed by atoms with E-state index in [9.17, 15) is 0 Å². The second-order valence-electron chi connectivity index (χ2n) is 6.07. The lowest BCUT2D eigenvalue weighted by Gasteiger charge is -2.32. The highest BCUT2D eigenvalue weighted by Gasteiger charge is 2.38. The van der Waals surface area contributed by atoms with Crippen LogP contribution in [-0.2, 0) is 12.8 Å². The van der Waals surface area contributed by atoms with Crippen molar-refractivity contribution in [2.75, 3.05) is 5.32 Å². The van der Waals surface area contributed by atoms with Gasteiger partial charge in [-0.15, -0.1) is 11.3 Å². The number of aromatic nitrogens is 1. The number of fused-ring (bicyclic) bond motifs is 1. The normalized spacial score (nSPS) is 22.1. The van der Waals surface area contributed by atoms with E-state index in [1.807, 2.05) is 11.3 Å². The number of aryl methyl sites for hydroxylation is 1. The van der Waals surface area contributed by atoms with E-state index in [0.717, 1.165) is 5.13 Å². The summed E-state index contributed by atoms with van der Waals surface area (Å²) in [7, 11) is 0. The maximum atomic E-state index is 4.75. The van der Waals surface area contributed by atoms with Crippen molar-refractivity contribution in [2.24, 2.45) is 5.41 Å². The van der Waals surface area contributed by atoms with Crippen LogP contribution in [0.3, 0.4) is 0 Å². The predicted octanol–water partition coefficient (Wildman–Crippen LogP) is 4.01. The molecule has 17 heavy (non-hydrogen) atoms. The average molecular weight is 250 g/mol. The van der Waals surface area contributed by atoms with Crippen LogP contribution < -0.4 is 5.32 Å². The minimum atomic E-state index is 0.489. The molecule has 0 aliphatic heterocycles. The van der Waals surface area contributed by atoms with Crippen molar-refractivity contribution in [3.05, 3.63) is 10.6 Å². The van der Waals surface area contributed by atoms with Gasteiger partial charge in [-0.25, -0.2) is 4.98 Å². The third kappa shape index (κ3) is 2.22. The van der Waals surface area contributed by atoms with Crippen LogP contribution in [0.25, 0.3) is 0 Å². The number of thiazole rings is 1. The Bertz CT molecular complexity index is 402. The van der Waals surface area contributed by atoms with Crippen LogP contribution in [0.1, 0.15) is 56.5 Å². The van der Waals surface area contributed by atoms with Crippen molar-refractivity contribution < 1.29 is 0 Å². The number of nitrogens with zero attached hydrogens (tertiary/aromatic N) is 1. The van der Waals surface area contributed by atoms with Crippen LogP contribution in [0.2, 0.25) is 0 Å². The zero-order valence-electron chi connectivity index (χ0n) is 10.9. The first-order valence-electron chi connectivity index (χ1n) is 6.92. The number of hydrogen-bond acceptors (Lipinski definition) is 3. The molecule has 2 aliphatic carbocycles. The minimum Gasteiger partial charge on any atom is -0.359 e. The molecule has 0 radical (unpaired) electrons. The van der Waals surface area contributed by atoms with Crippen LogP contribution in [-0.4, -0.2) is 11.0 Å². The number of nitrogens with one attached hydrogen (secondary N) is 1. The van der Waals surface area contributed by atoms with Gasteiger partial charge in [-0.05, 0) is 51.4 Å². The summed E-state index contributed by atoms with van der Waals surface area (Å²) in [6.45, 7) is 4.36. The first-order valence-corrected chi connectivity index (χ1v) is 7.74. The minimum absolute atomic E-state index is 0.489. The first kappa shape index (κ1) is 11.5. The van der Waals surface area contributed by atoms with E-state index in [1.54, 1.807) is 4.88 Å². The van der Waals surface area contributed by atoms with Crippen molar-refractivity contribution in [3.8, 4) is 0 Å². The number of hydrogen-bond donors (Lipinski definition) is 1. The second kappa shape index (κ2) is 4.27. The van der Waals surface area contributed by atoms with E-state index in [0.29, 0.717) is 11.5 Å². The number of anilines is 1. The van der Waals surface area contributed by atoms with Crippen LogP contribution in [0.4, 0.5) is 5.13 Å². The lowest BCUT2D eigenvalue weighted by Crippen LogP contribution is -2.24. The van der Waals surface area contributed by atoms with Gasteiger partial charge in [-0.2, -0.15) is 0 Å². The highest BCUT2D eigenvalue weighted by Crippen LogP contribution is 2.49. The molecule has 0 saturated heterocycles. The second-order valence-corrected chi connectivity index (χ2v) is 7.16. The molecule has 3 rings (SSSR count). The van der Waals surface area contributed by atoms with Crippen LogP contribution in [0, 0.1) is 5.41 Å². The SMILES string of the molecule is CC(C)Nc1nc2c(s1)CC1(CCCC1)CC2. The highest BCUT2D eigenvalue weighted by atomic mass is 32.1. The molecule has 1 saturated carbocycles. The largest absolute Gasteiger partial charge is 0.359 e. The van der Waals surface area contributed by atoms with Gasteiger partial charge in [0.15, 0.2) is 5.13 Å². The lowest BCUT2D eigenvalue weighted by atomic mass is 9.74. The fourth-order valence-electron chi connectivity index (χ4n) is 3.39. The Kier molecular flexibility index (Phi) is 2.89. The smallest absolute Gasteiger partial charge is 0.183 e. The van der Waals surface area contributed by atoms with E-state index in [1.165, 1.54) is 50.6 Å². The highest BCUT2D eigenvalue weighted by molar-refractivity contribution is 7.15. The quantitative estimate of drug-likeness (QED) is 0.857. The molecule has 1 N–H and O–H groups in total. The molecule has 3 heteroatoms. The summed E-state index contributed by atoms with van der Waals surface area (Å²) in [4.78, 5) is 6.32. The first-order chi connectivity index (χ1) is 8.17. The molecule has 1 fully saturated rings. The molecule has 1 spiro atoms. The van der Waals surface area contributed by atoms with E-state index in [-0.39, 0.29) is 0 Å². The van der Waals surface area contributed by atoms with Crippen molar-refractivity contribution in [1.29, 1.82) is 0 Å². The molecule has 94 valence electrons. The topological polar surface area (TPSA) is 24.9 Å². The standard InChI is InChI=1S/C14H22N2S/c1-10(2)15-13-16-11-5-8-14(6-3-4-7-14)9-12(11)17-13/h10H,3-9H2,1-2H3,(H,15,16). The average Bonchev–Trinajstić information content (AvgIpc) is 2.84. The molecule has 1 aromatic rings. The van der Waals surface area contributed by atoms with Gasteiger partial charge in [-0.3, -0.25) is 0 Å². The van der Waals surface area contributed by atoms with Crippen molar-refractivity contribution in [2.45, 2.75) is 64.8 Å². The van der Waals surface area contributed by atoms with Gasteiger partial charge in [0.1, 0.15) is 0 Å². The maximum Gasteiger partial charge on any atom is 0.183 e.